The van der Waals surface area contributed by atoms with Crippen molar-refractivity contribution in [3.63, 3.8) is 0 Å². The van der Waals surface area contributed by atoms with E-state index in [9.17, 15) is 9.36 Å². The monoisotopic (exact) mass is 233 g/mol. The molecule has 0 aromatic heterocycles. The van der Waals surface area contributed by atoms with Crippen LogP contribution in [0.1, 0.15) is 27.7 Å². The third kappa shape index (κ3) is 5.65. The van der Waals surface area contributed by atoms with Gasteiger partial charge in [0.25, 0.3) is 0 Å². The van der Waals surface area contributed by atoms with Gasteiger partial charge in [0.1, 0.15) is 0 Å². The molecule has 0 aliphatic heterocycles. The van der Waals surface area contributed by atoms with Crippen LogP contribution in [0.5, 0.6) is 0 Å². The Morgan fingerprint density at radius 1 is 1.20 bits per heavy atom. The van der Waals surface area contributed by atoms with Crippen LogP contribution in [0, 0.1) is 0 Å². The second-order valence-electron chi connectivity index (χ2n) is 3.03. The molecule has 1 atom stereocenters. The normalized spacial score (nSPS) is 13.2. The van der Waals surface area contributed by atoms with Gasteiger partial charge in [-0.1, -0.05) is 0 Å². The standard InChI is InChI=1S/C10H18O4P/c1-5-13-10(11)9(4)8(3)7-15(12)14-6-2/h5-7H2,1-4H3/q+1/b9-8+. The zero-order chi connectivity index (χ0) is 11.8. The second-order valence-corrected chi connectivity index (χ2v) is 4.27. The maximum absolute atomic E-state index is 11.3. The van der Waals surface area contributed by atoms with Crippen molar-refractivity contribution in [3.05, 3.63) is 11.1 Å². The topological polar surface area (TPSA) is 52.6 Å². The molecule has 4 nitrogen and oxygen atoms in total. The first kappa shape index (κ1) is 14.3. The molecule has 0 radical (unpaired) electrons. The first-order valence-corrected chi connectivity index (χ1v) is 6.30. The molecule has 0 fully saturated rings. The van der Waals surface area contributed by atoms with Gasteiger partial charge in [-0.25, -0.2) is 4.79 Å². The summed E-state index contributed by atoms with van der Waals surface area (Å²) in [5, 5.41) is 0. The van der Waals surface area contributed by atoms with Crippen LogP contribution in [0.4, 0.5) is 0 Å². The SMILES string of the molecule is CCOC(=O)/C(C)=C(\C)C[P+](=O)OCC. The number of hydrogen-bond donors (Lipinski definition) is 0. The lowest BCUT2D eigenvalue weighted by Crippen LogP contribution is -2.07. The lowest BCUT2D eigenvalue weighted by molar-refractivity contribution is -0.138. The van der Waals surface area contributed by atoms with Crippen molar-refractivity contribution in [2.75, 3.05) is 19.4 Å². The van der Waals surface area contributed by atoms with E-state index in [1.165, 1.54) is 0 Å². The summed E-state index contributed by atoms with van der Waals surface area (Å²) in [4.78, 5) is 11.3. The van der Waals surface area contributed by atoms with Crippen molar-refractivity contribution in [2.45, 2.75) is 27.7 Å². The van der Waals surface area contributed by atoms with Crippen LogP contribution in [-0.2, 0) is 18.6 Å². The lowest BCUT2D eigenvalue weighted by atomic mass is 10.2. The molecule has 0 saturated carbocycles. The van der Waals surface area contributed by atoms with E-state index in [-0.39, 0.29) is 12.1 Å². The Balaban J connectivity index is 4.37. The fraction of sp³-hybridized carbons (Fsp3) is 0.700. The first-order chi connectivity index (χ1) is 7.02. The van der Waals surface area contributed by atoms with Gasteiger partial charge in [0.2, 0.25) is 0 Å². The molecule has 0 bridgehead atoms. The summed E-state index contributed by atoms with van der Waals surface area (Å²) in [6, 6.07) is 0. The Morgan fingerprint density at radius 2 is 1.80 bits per heavy atom. The van der Waals surface area contributed by atoms with Gasteiger partial charge in [-0.2, -0.15) is 0 Å². The number of allylic oxidation sites excluding steroid dienone is 1. The summed E-state index contributed by atoms with van der Waals surface area (Å²) in [5.41, 5.74) is 1.27. The minimum absolute atomic E-state index is 0.286. The highest BCUT2D eigenvalue weighted by molar-refractivity contribution is 7.39. The highest BCUT2D eigenvalue weighted by Crippen LogP contribution is 2.26. The maximum atomic E-state index is 11.3. The van der Waals surface area contributed by atoms with Crippen LogP contribution in [0.2, 0.25) is 0 Å². The van der Waals surface area contributed by atoms with Crippen LogP contribution >= 0.6 is 8.03 Å². The van der Waals surface area contributed by atoms with Crippen LogP contribution in [0.3, 0.4) is 0 Å². The van der Waals surface area contributed by atoms with Crippen LogP contribution < -0.4 is 0 Å². The summed E-state index contributed by atoms with van der Waals surface area (Å²) >= 11 is 0. The van der Waals surface area contributed by atoms with E-state index in [1.54, 1.807) is 27.7 Å². The van der Waals surface area contributed by atoms with Crippen LogP contribution in [-0.4, -0.2) is 25.3 Å². The maximum Gasteiger partial charge on any atom is 0.512 e. The average Bonchev–Trinajstić information content (AvgIpc) is 2.17. The molecule has 5 heteroatoms. The van der Waals surface area contributed by atoms with Crippen LogP contribution in [0.15, 0.2) is 11.1 Å². The third-order valence-electron chi connectivity index (χ3n) is 1.86. The zero-order valence-corrected chi connectivity index (χ0v) is 10.6. The minimum atomic E-state index is -1.70. The Morgan fingerprint density at radius 3 is 2.27 bits per heavy atom. The van der Waals surface area contributed by atoms with Gasteiger partial charge in [-0.15, -0.1) is 4.52 Å². The fourth-order valence-electron chi connectivity index (χ4n) is 0.915. The molecule has 0 aromatic rings. The number of hydrogen-bond acceptors (Lipinski definition) is 4. The van der Waals surface area contributed by atoms with E-state index in [1.807, 2.05) is 0 Å². The molecule has 86 valence electrons. The Hall–Kier alpha value is -0.730. The molecule has 0 rings (SSSR count). The summed E-state index contributed by atoms with van der Waals surface area (Å²) in [6.07, 6.45) is 0.286. The Labute approximate surface area is 91.5 Å². The minimum Gasteiger partial charge on any atom is -0.463 e. The summed E-state index contributed by atoms with van der Waals surface area (Å²) in [5.74, 6) is -0.352. The number of esters is 1. The van der Waals surface area contributed by atoms with E-state index in [0.717, 1.165) is 5.57 Å². The van der Waals surface area contributed by atoms with Gasteiger partial charge >= 0.3 is 14.0 Å². The van der Waals surface area contributed by atoms with Gasteiger partial charge in [-0.3, -0.25) is 0 Å². The zero-order valence-electron chi connectivity index (χ0n) is 9.70. The quantitative estimate of drug-likeness (QED) is 0.402. The summed E-state index contributed by atoms with van der Waals surface area (Å²) in [6.45, 7) is 7.73. The molecule has 0 spiro atoms. The smallest absolute Gasteiger partial charge is 0.463 e. The molecular formula is C10H18O4P+. The molecule has 0 aliphatic rings. The Kier molecular flexibility index (Phi) is 7.18. The predicted molar refractivity (Wildman–Crippen MR) is 59.1 cm³/mol. The first-order valence-electron chi connectivity index (χ1n) is 4.93. The van der Waals surface area contributed by atoms with Crippen molar-refractivity contribution in [2.24, 2.45) is 0 Å². The van der Waals surface area contributed by atoms with E-state index in [0.29, 0.717) is 18.8 Å². The second kappa shape index (κ2) is 7.55. The van der Waals surface area contributed by atoms with E-state index in [4.69, 9.17) is 9.26 Å². The van der Waals surface area contributed by atoms with Gasteiger partial charge in [-0.05, 0) is 37.8 Å². The molecule has 0 saturated heterocycles. The number of carbonyl (C=O) groups is 1. The number of carbonyl (C=O) groups excluding carboxylic acids is 1. The highest BCUT2D eigenvalue weighted by atomic mass is 31.1. The average molecular weight is 233 g/mol. The largest absolute Gasteiger partial charge is 0.512 e. The molecule has 0 N–H and O–H groups in total. The molecular weight excluding hydrogens is 215 g/mol. The van der Waals surface area contributed by atoms with E-state index < -0.39 is 8.03 Å². The molecule has 0 aromatic carbocycles. The molecule has 0 aliphatic carbocycles. The van der Waals surface area contributed by atoms with Crippen molar-refractivity contribution in [1.29, 1.82) is 0 Å². The van der Waals surface area contributed by atoms with Crippen molar-refractivity contribution < 1.29 is 18.6 Å². The van der Waals surface area contributed by atoms with Gasteiger partial charge in [0.15, 0.2) is 6.16 Å². The van der Waals surface area contributed by atoms with E-state index >= 15 is 0 Å². The van der Waals surface area contributed by atoms with Gasteiger partial charge in [0, 0.05) is 5.57 Å². The van der Waals surface area contributed by atoms with Crippen molar-refractivity contribution in [3.8, 4) is 0 Å². The Bertz CT molecular complexity index is 271. The van der Waals surface area contributed by atoms with E-state index in [2.05, 4.69) is 0 Å². The highest BCUT2D eigenvalue weighted by Gasteiger charge is 2.20. The number of rotatable bonds is 6. The molecule has 15 heavy (non-hydrogen) atoms. The fourth-order valence-corrected chi connectivity index (χ4v) is 1.92. The third-order valence-corrected chi connectivity index (χ3v) is 3.14. The van der Waals surface area contributed by atoms with Crippen molar-refractivity contribution in [1.82, 2.24) is 0 Å². The van der Waals surface area contributed by atoms with Crippen molar-refractivity contribution >= 4 is 14.0 Å². The molecule has 0 heterocycles. The lowest BCUT2D eigenvalue weighted by Gasteiger charge is -2.02. The van der Waals surface area contributed by atoms with Gasteiger partial charge < -0.3 is 4.74 Å². The summed E-state index contributed by atoms with van der Waals surface area (Å²) in [7, 11) is -1.70. The van der Waals surface area contributed by atoms with Crippen LogP contribution in [0.25, 0.3) is 0 Å². The molecule has 0 amide bonds. The predicted octanol–water partition coefficient (Wildman–Crippen LogP) is 2.66. The summed E-state index contributed by atoms with van der Waals surface area (Å²) < 4.78 is 21.0. The number of ether oxygens (including phenoxy) is 1. The molecule has 1 unspecified atom stereocenters. The van der Waals surface area contributed by atoms with Gasteiger partial charge in [0.05, 0.1) is 13.2 Å².